The first-order valence-corrected chi connectivity index (χ1v) is 7.07. The quantitative estimate of drug-likeness (QED) is 0.764. The average Bonchev–Trinajstić information content (AvgIpc) is 2.70. The van der Waals surface area contributed by atoms with Gasteiger partial charge in [-0.15, -0.1) is 0 Å². The Kier molecular flexibility index (Phi) is 3.31. The van der Waals surface area contributed by atoms with Crippen molar-refractivity contribution in [2.24, 2.45) is 5.92 Å². The highest BCUT2D eigenvalue weighted by Gasteiger charge is 2.49. The van der Waals surface area contributed by atoms with Crippen LogP contribution in [0.5, 0.6) is 0 Å². The second kappa shape index (κ2) is 4.97. The van der Waals surface area contributed by atoms with E-state index in [9.17, 15) is 4.79 Å². The van der Waals surface area contributed by atoms with Crippen molar-refractivity contribution in [2.75, 3.05) is 14.2 Å². The molecule has 1 aromatic carbocycles. The molecular weight excluding hydrogens is 238 g/mol. The maximum atomic E-state index is 12.2. The number of carbonyl (C=O) groups is 1. The summed E-state index contributed by atoms with van der Waals surface area (Å²) in [5.41, 5.74) is 1.28. The number of nitrogens with zero attached hydrogens (tertiary/aromatic N) is 1. The topological polar surface area (TPSA) is 29.5 Å². The predicted molar refractivity (Wildman–Crippen MR) is 73.9 cm³/mol. The predicted octanol–water partition coefficient (Wildman–Crippen LogP) is 2.43. The number of piperidine rings is 1. The van der Waals surface area contributed by atoms with E-state index in [1.54, 1.807) is 0 Å². The Morgan fingerprint density at radius 2 is 2.00 bits per heavy atom. The molecule has 0 aliphatic carbocycles. The lowest BCUT2D eigenvalue weighted by atomic mass is 9.76. The largest absolute Gasteiger partial charge is 0.469 e. The number of fused-ring (bicyclic) bond motifs is 2. The Hall–Kier alpha value is -1.35. The van der Waals surface area contributed by atoms with Crippen LogP contribution in [0, 0.1) is 5.92 Å². The Morgan fingerprint density at radius 1 is 1.26 bits per heavy atom. The molecule has 102 valence electrons. The van der Waals surface area contributed by atoms with E-state index in [-0.39, 0.29) is 11.9 Å². The molecule has 0 aromatic heterocycles. The molecule has 2 bridgehead atoms. The van der Waals surface area contributed by atoms with E-state index in [2.05, 4.69) is 36.2 Å². The SMILES string of the molecule is COC(=O)C1[C@@H](c2ccccc2)C[C@@H]2CC[C@H]1N2C. The second-order valence-electron chi connectivity index (χ2n) is 5.77. The Labute approximate surface area is 114 Å². The first-order valence-electron chi connectivity index (χ1n) is 7.07. The maximum Gasteiger partial charge on any atom is 0.310 e. The van der Waals surface area contributed by atoms with E-state index >= 15 is 0 Å². The maximum absolute atomic E-state index is 12.2. The van der Waals surface area contributed by atoms with Crippen LogP contribution in [-0.4, -0.2) is 37.1 Å². The highest BCUT2D eigenvalue weighted by Crippen LogP contribution is 2.46. The molecule has 0 amide bonds. The normalized spacial score (nSPS) is 34.2. The molecule has 2 saturated heterocycles. The molecular formula is C16H21NO2. The number of ether oxygens (including phenoxy) is 1. The molecule has 1 unspecified atom stereocenters. The fourth-order valence-corrected chi connectivity index (χ4v) is 3.97. The minimum atomic E-state index is -0.0500. The van der Waals surface area contributed by atoms with Crippen LogP contribution >= 0.6 is 0 Å². The minimum absolute atomic E-state index is 0.0175. The summed E-state index contributed by atoms with van der Waals surface area (Å²) < 4.78 is 5.07. The van der Waals surface area contributed by atoms with E-state index in [0.29, 0.717) is 18.0 Å². The van der Waals surface area contributed by atoms with Crippen molar-refractivity contribution in [3.05, 3.63) is 35.9 Å². The number of benzene rings is 1. The highest BCUT2D eigenvalue weighted by atomic mass is 16.5. The lowest BCUT2D eigenvalue weighted by molar-refractivity contribution is -0.150. The third kappa shape index (κ3) is 2.06. The van der Waals surface area contributed by atoms with Crippen molar-refractivity contribution in [1.29, 1.82) is 0 Å². The third-order valence-electron chi connectivity index (χ3n) is 4.97. The molecule has 2 aliphatic heterocycles. The molecule has 0 N–H and O–H groups in total. The summed E-state index contributed by atoms with van der Waals surface area (Å²) in [6, 6.07) is 11.4. The zero-order valence-electron chi connectivity index (χ0n) is 11.6. The summed E-state index contributed by atoms with van der Waals surface area (Å²) in [5.74, 6) is 0.240. The zero-order valence-corrected chi connectivity index (χ0v) is 11.6. The summed E-state index contributed by atoms with van der Waals surface area (Å²) in [6.45, 7) is 0. The third-order valence-corrected chi connectivity index (χ3v) is 4.97. The van der Waals surface area contributed by atoms with Crippen LogP contribution in [0.1, 0.15) is 30.7 Å². The fraction of sp³-hybridized carbons (Fsp3) is 0.562. The average molecular weight is 259 g/mol. The van der Waals surface area contributed by atoms with Crippen molar-refractivity contribution in [3.63, 3.8) is 0 Å². The first kappa shape index (κ1) is 12.7. The van der Waals surface area contributed by atoms with Crippen LogP contribution in [0.3, 0.4) is 0 Å². The lowest BCUT2D eigenvalue weighted by Gasteiger charge is -2.41. The Bertz CT molecular complexity index is 459. The van der Waals surface area contributed by atoms with Gasteiger partial charge >= 0.3 is 5.97 Å². The molecule has 0 spiro atoms. The Morgan fingerprint density at radius 3 is 2.68 bits per heavy atom. The van der Waals surface area contributed by atoms with E-state index in [1.165, 1.54) is 19.1 Å². The molecule has 2 fully saturated rings. The van der Waals surface area contributed by atoms with Crippen molar-refractivity contribution in [3.8, 4) is 0 Å². The van der Waals surface area contributed by atoms with Gasteiger partial charge in [-0.05, 0) is 31.9 Å². The number of hydrogen-bond donors (Lipinski definition) is 0. The van der Waals surface area contributed by atoms with E-state index in [4.69, 9.17) is 4.74 Å². The molecule has 1 aromatic rings. The molecule has 3 rings (SSSR count). The van der Waals surface area contributed by atoms with Gasteiger partial charge in [-0.1, -0.05) is 30.3 Å². The van der Waals surface area contributed by atoms with Gasteiger partial charge in [-0.2, -0.15) is 0 Å². The monoisotopic (exact) mass is 259 g/mol. The molecule has 0 radical (unpaired) electrons. The van der Waals surface area contributed by atoms with Gasteiger partial charge in [0.05, 0.1) is 13.0 Å². The number of carbonyl (C=O) groups excluding carboxylic acids is 1. The first-order chi connectivity index (χ1) is 9.22. The van der Waals surface area contributed by atoms with Crippen LogP contribution < -0.4 is 0 Å². The van der Waals surface area contributed by atoms with Crippen LogP contribution in [-0.2, 0) is 9.53 Å². The van der Waals surface area contributed by atoms with Gasteiger partial charge in [0.25, 0.3) is 0 Å². The summed E-state index contributed by atoms with van der Waals surface area (Å²) in [6.07, 6.45) is 3.39. The van der Waals surface area contributed by atoms with Gasteiger partial charge in [0, 0.05) is 18.0 Å². The van der Waals surface area contributed by atoms with E-state index in [0.717, 1.165) is 12.8 Å². The highest BCUT2D eigenvalue weighted by molar-refractivity contribution is 5.75. The molecule has 19 heavy (non-hydrogen) atoms. The van der Waals surface area contributed by atoms with Gasteiger partial charge in [-0.3, -0.25) is 9.69 Å². The smallest absolute Gasteiger partial charge is 0.310 e. The molecule has 3 heteroatoms. The minimum Gasteiger partial charge on any atom is -0.469 e. The van der Waals surface area contributed by atoms with Crippen molar-refractivity contribution >= 4 is 5.97 Å². The molecule has 3 nitrogen and oxygen atoms in total. The second-order valence-corrected chi connectivity index (χ2v) is 5.77. The van der Waals surface area contributed by atoms with Gasteiger partial charge in [0.1, 0.15) is 0 Å². The standard InChI is InChI=1S/C16H21NO2/c1-17-12-8-9-14(17)15(16(18)19-2)13(10-12)11-6-4-3-5-7-11/h3-7,12-15H,8-10H2,1-2H3/t12-,13+,14+,15?/m0/s1. The van der Waals surface area contributed by atoms with E-state index < -0.39 is 0 Å². The van der Waals surface area contributed by atoms with E-state index in [1.807, 2.05) is 6.07 Å². The van der Waals surface area contributed by atoms with Crippen LogP contribution in [0.25, 0.3) is 0 Å². The lowest BCUT2D eigenvalue weighted by Crippen LogP contribution is -2.49. The van der Waals surface area contributed by atoms with Gasteiger partial charge in [-0.25, -0.2) is 0 Å². The summed E-state index contributed by atoms with van der Waals surface area (Å²) in [5, 5.41) is 0. The van der Waals surface area contributed by atoms with Crippen molar-refractivity contribution < 1.29 is 9.53 Å². The summed E-state index contributed by atoms with van der Waals surface area (Å²) in [4.78, 5) is 14.6. The number of esters is 1. The van der Waals surface area contributed by atoms with Crippen LogP contribution in [0.2, 0.25) is 0 Å². The Balaban J connectivity index is 1.96. The fourth-order valence-electron chi connectivity index (χ4n) is 3.97. The number of rotatable bonds is 2. The van der Waals surface area contributed by atoms with Gasteiger partial charge in [0.15, 0.2) is 0 Å². The van der Waals surface area contributed by atoms with Crippen LogP contribution in [0.4, 0.5) is 0 Å². The number of hydrogen-bond acceptors (Lipinski definition) is 3. The van der Waals surface area contributed by atoms with Gasteiger partial charge in [0.2, 0.25) is 0 Å². The molecule has 2 heterocycles. The van der Waals surface area contributed by atoms with Gasteiger partial charge < -0.3 is 4.74 Å². The molecule has 0 saturated carbocycles. The summed E-state index contributed by atoms with van der Waals surface area (Å²) >= 11 is 0. The van der Waals surface area contributed by atoms with Crippen molar-refractivity contribution in [2.45, 2.75) is 37.3 Å². The van der Waals surface area contributed by atoms with Crippen LogP contribution in [0.15, 0.2) is 30.3 Å². The summed E-state index contributed by atoms with van der Waals surface area (Å²) in [7, 11) is 3.66. The number of methoxy groups -OCH3 is 1. The molecule has 2 aliphatic rings. The zero-order chi connectivity index (χ0) is 13.4. The molecule has 4 atom stereocenters. The van der Waals surface area contributed by atoms with Crippen molar-refractivity contribution in [1.82, 2.24) is 4.90 Å².